The lowest BCUT2D eigenvalue weighted by molar-refractivity contribution is 0.300. The minimum absolute atomic E-state index is 0.437. The molecule has 1 aromatic carbocycles. The Morgan fingerprint density at radius 2 is 1.95 bits per heavy atom. The van der Waals surface area contributed by atoms with E-state index < -0.39 is 0 Å². The fraction of sp³-hybridized carbons (Fsp3) is 0.412. The van der Waals surface area contributed by atoms with Crippen LogP contribution in [0.2, 0.25) is 0 Å². The highest BCUT2D eigenvalue weighted by Gasteiger charge is 2.09. The van der Waals surface area contributed by atoms with Gasteiger partial charge in [-0.1, -0.05) is 19.9 Å². The Labute approximate surface area is 126 Å². The molecule has 0 saturated carbocycles. The van der Waals surface area contributed by atoms with Crippen LogP contribution in [0.15, 0.2) is 34.7 Å². The van der Waals surface area contributed by atoms with Gasteiger partial charge in [0.15, 0.2) is 0 Å². The van der Waals surface area contributed by atoms with Crippen LogP contribution in [0.5, 0.6) is 11.5 Å². The van der Waals surface area contributed by atoms with Gasteiger partial charge in [0.1, 0.15) is 29.6 Å². The van der Waals surface area contributed by atoms with Gasteiger partial charge in [0.2, 0.25) is 0 Å². The van der Waals surface area contributed by atoms with E-state index in [0.717, 1.165) is 35.1 Å². The Balaban J connectivity index is 1.96. The van der Waals surface area contributed by atoms with E-state index in [0.29, 0.717) is 12.6 Å². The number of methoxy groups -OCH3 is 1. The zero-order valence-corrected chi connectivity index (χ0v) is 13.1. The number of benzene rings is 1. The summed E-state index contributed by atoms with van der Waals surface area (Å²) in [6, 6.07) is 10.1. The van der Waals surface area contributed by atoms with Gasteiger partial charge in [-0.2, -0.15) is 0 Å². The highest BCUT2D eigenvalue weighted by atomic mass is 16.5. The lowest BCUT2D eigenvalue weighted by atomic mass is 10.2. The Bertz CT molecular complexity index is 575. The maximum absolute atomic E-state index is 5.79. The fourth-order valence-corrected chi connectivity index (χ4v) is 1.97. The summed E-state index contributed by atoms with van der Waals surface area (Å²) in [4.78, 5) is 0. The molecule has 0 amide bonds. The third kappa shape index (κ3) is 4.53. The molecule has 0 fully saturated rings. The molecule has 21 heavy (non-hydrogen) atoms. The van der Waals surface area contributed by atoms with Crippen LogP contribution in [-0.2, 0) is 13.2 Å². The monoisotopic (exact) mass is 289 g/mol. The molecule has 0 saturated heterocycles. The quantitative estimate of drug-likeness (QED) is 0.844. The highest BCUT2D eigenvalue weighted by molar-refractivity contribution is 5.33. The number of nitrogens with one attached hydrogen (secondary N) is 1. The molecule has 4 nitrogen and oxygen atoms in total. The molecule has 2 rings (SSSR count). The smallest absolute Gasteiger partial charge is 0.123 e. The summed E-state index contributed by atoms with van der Waals surface area (Å²) >= 11 is 0. The van der Waals surface area contributed by atoms with Gasteiger partial charge in [0, 0.05) is 17.7 Å². The van der Waals surface area contributed by atoms with E-state index in [1.807, 2.05) is 37.3 Å². The first-order valence-corrected chi connectivity index (χ1v) is 7.17. The maximum Gasteiger partial charge on any atom is 0.123 e. The molecule has 1 N–H and O–H groups in total. The van der Waals surface area contributed by atoms with Crippen LogP contribution < -0.4 is 14.8 Å². The van der Waals surface area contributed by atoms with Crippen molar-refractivity contribution in [2.24, 2.45) is 0 Å². The van der Waals surface area contributed by atoms with Crippen molar-refractivity contribution in [3.8, 4) is 11.5 Å². The maximum atomic E-state index is 5.79. The van der Waals surface area contributed by atoms with E-state index in [4.69, 9.17) is 13.9 Å². The van der Waals surface area contributed by atoms with E-state index in [-0.39, 0.29) is 0 Å². The van der Waals surface area contributed by atoms with Crippen LogP contribution in [0.25, 0.3) is 0 Å². The van der Waals surface area contributed by atoms with Crippen LogP contribution in [0.1, 0.15) is 30.9 Å². The lowest BCUT2D eigenvalue weighted by Gasteiger charge is -2.06. The lowest BCUT2D eigenvalue weighted by Crippen LogP contribution is -2.21. The summed E-state index contributed by atoms with van der Waals surface area (Å²) in [5, 5.41) is 3.34. The summed E-state index contributed by atoms with van der Waals surface area (Å²) < 4.78 is 16.7. The SMILES string of the molecule is COc1cccc(OCc2cc(CNC(C)C)oc2C)c1. The zero-order chi connectivity index (χ0) is 15.2. The van der Waals surface area contributed by atoms with Crippen LogP contribution in [-0.4, -0.2) is 13.2 Å². The largest absolute Gasteiger partial charge is 0.497 e. The van der Waals surface area contributed by atoms with Crippen molar-refractivity contribution in [3.63, 3.8) is 0 Å². The Hall–Kier alpha value is -1.94. The first-order chi connectivity index (χ1) is 10.1. The molecule has 1 aromatic heterocycles. The predicted molar refractivity (Wildman–Crippen MR) is 82.7 cm³/mol. The van der Waals surface area contributed by atoms with E-state index in [2.05, 4.69) is 19.2 Å². The van der Waals surface area contributed by atoms with Gasteiger partial charge in [-0.05, 0) is 25.1 Å². The van der Waals surface area contributed by atoms with Crippen molar-refractivity contribution in [3.05, 3.63) is 47.4 Å². The van der Waals surface area contributed by atoms with Gasteiger partial charge >= 0.3 is 0 Å². The van der Waals surface area contributed by atoms with E-state index in [1.165, 1.54) is 0 Å². The summed E-state index contributed by atoms with van der Waals surface area (Å²) in [5.41, 5.74) is 1.07. The second kappa shape index (κ2) is 7.18. The van der Waals surface area contributed by atoms with Crippen molar-refractivity contribution < 1.29 is 13.9 Å². The molecule has 1 heterocycles. The standard InChI is InChI=1S/C17H23NO3/c1-12(2)18-10-17-8-14(13(3)21-17)11-20-16-7-5-6-15(9-16)19-4/h5-9,12,18H,10-11H2,1-4H3. The topological polar surface area (TPSA) is 43.6 Å². The van der Waals surface area contributed by atoms with Gasteiger partial charge in [0.25, 0.3) is 0 Å². The molecular formula is C17H23NO3. The zero-order valence-electron chi connectivity index (χ0n) is 13.1. The Kier molecular flexibility index (Phi) is 5.28. The number of hydrogen-bond acceptors (Lipinski definition) is 4. The highest BCUT2D eigenvalue weighted by Crippen LogP contribution is 2.22. The number of rotatable bonds is 7. The molecule has 0 aliphatic rings. The number of furan rings is 1. The van der Waals surface area contributed by atoms with Crippen molar-refractivity contribution >= 4 is 0 Å². The molecule has 2 aromatic rings. The second-order valence-corrected chi connectivity index (χ2v) is 5.30. The summed E-state index contributed by atoms with van der Waals surface area (Å²) in [6.45, 7) is 7.41. The third-order valence-corrected chi connectivity index (χ3v) is 3.19. The molecule has 0 unspecified atom stereocenters. The average molecular weight is 289 g/mol. The van der Waals surface area contributed by atoms with Crippen molar-refractivity contribution in [2.75, 3.05) is 7.11 Å². The molecule has 114 valence electrons. The Morgan fingerprint density at radius 1 is 1.19 bits per heavy atom. The minimum atomic E-state index is 0.437. The molecule has 4 heteroatoms. The number of aryl methyl sites for hydroxylation is 1. The average Bonchev–Trinajstić information content (AvgIpc) is 2.83. The van der Waals surface area contributed by atoms with Gasteiger partial charge in [-0.3, -0.25) is 0 Å². The Morgan fingerprint density at radius 3 is 2.67 bits per heavy atom. The van der Waals surface area contributed by atoms with Crippen molar-refractivity contribution in [2.45, 2.75) is 40.0 Å². The normalized spacial score (nSPS) is 10.9. The van der Waals surface area contributed by atoms with Crippen molar-refractivity contribution in [1.29, 1.82) is 0 Å². The van der Waals surface area contributed by atoms with E-state index >= 15 is 0 Å². The number of ether oxygens (including phenoxy) is 2. The van der Waals surface area contributed by atoms with Crippen molar-refractivity contribution in [1.82, 2.24) is 5.32 Å². The first-order valence-electron chi connectivity index (χ1n) is 7.17. The van der Waals surface area contributed by atoms with Gasteiger partial charge in [-0.25, -0.2) is 0 Å². The molecular weight excluding hydrogens is 266 g/mol. The predicted octanol–water partition coefficient (Wildman–Crippen LogP) is 3.67. The summed E-state index contributed by atoms with van der Waals surface area (Å²) in [7, 11) is 1.65. The molecule has 0 spiro atoms. The van der Waals surface area contributed by atoms with Crippen LogP contribution in [0.3, 0.4) is 0 Å². The summed E-state index contributed by atoms with van der Waals surface area (Å²) in [6.07, 6.45) is 0. The molecule has 0 bridgehead atoms. The van der Waals surface area contributed by atoms with Gasteiger partial charge in [-0.15, -0.1) is 0 Å². The molecule has 0 radical (unpaired) electrons. The van der Waals surface area contributed by atoms with Crippen LogP contribution >= 0.6 is 0 Å². The third-order valence-electron chi connectivity index (χ3n) is 3.19. The minimum Gasteiger partial charge on any atom is -0.497 e. The van der Waals surface area contributed by atoms with Crippen LogP contribution in [0, 0.1) is 6.92 Å². The second-order valence-electron chi connectivity index (χ2n) is 5.30. The van der Waals surface area contributed by atoms with Crippen LogP contribution in [0.4, 0.5) is 0 Å². The molecule has 0 aliphatic carbocycles. The number of hydrogen-bond donors (Lipinski definition) is 1. The first kappa shape index (κ1) is 15.4. The van der Waals surface area contributed by atoms with E-state index in [9.17, 15) is 0 Å². The molecule has 0 atom stereocenters. The fourth-order valence-electron chi connectivity index (χ4n) is 1.97. The van der Waals surface area contributed by atoms with Gasteiger partial charge < -0.3 is 19.2 Å². The van der Waals surface area contributed by atoms with E-state index in [1.54, 1.807) is 7.11 Å². The summed E-state index contributed by atoms with van der Waals surface area (Å²) in [5.74, 6) is 3.42. The van der Waals surface area contributed by atoms with Gasteiger partial charge in [0.05, 0.1) is 13.7 Å². The molecule has 0 aliphatic heterocycles.